The van der Waals surface area contributed by atoms with Crippen molar-refractivity contribution >= 4 is 5.78 Å². The smallest absolute Gasteiger partial charge is 0.229 e. The van der Waals surface area contributed by atoms with Crippen LogP contribution >= 0.6 is 0 Å². The SMILES string of the molecule is C[C@@H]1O[C@@H](Oc2cc(O)cc(O)c2C(=O)c2ccc(O)cc2)[C@H](O)[C@H](O)[C@H]1O[C@H]1O[C@H](CO)[C@@H](O)[C@H](O)[C@@H]1O. The molecule has 2 heterocycles. The minimum atomic E-state index is -1.84. The van der Waals surface area contributed by atoms with Gasteiger partial charge in [0.15, 0.2) is 6.29 Å². The van der Waals surface area contributed by atoms with Crippen molar-refractivity contribution in [3.05, 3.63) is 47.5 Å². The molecule has 2 aromatic rings. The number of phenols is 3. The Bertz CT molecular complexity index is 1150. The van der Waals surface area contributed by atoms with E-state index in [1.54, 1.807) is 0 Å². The zero-order chi connectivity index (χ0) is 28.6. The maximum atomic E-state index is 13.1. The first-order chi connectivity index (χ1) is 18.4. The fourth-order valence-corrected chi connectivity index (χ4v) is 4.42. The molecular formula is C25H30O14. The van der Waals surface area contributed by atoms with Gasteiger partial charge in [-0.15, -0.1) is 0 Å². The van der Waals surface area contributed by atoms with Crippen molar-refractivity contribution in [2.75, 3.05) is 6.61 Å². The fourth-order valence-electron chi connectivity index (χ4n) is 4.42. The zero-order valence-electron chi connectivity index (χ0n) is 20.5. The number of carbonyl (C=O) groups excluding carboxylic acids is 1. The first kappa shape index (κ1) is 28.9. The number of aliphatic hydroxyl groups excluding tert-OH is 6. The monoisotopic (exact) mass is 554 g/mol. The van der Waals surface area contributed by atoms with Crippen LogP contribution in [0.15, 0.2) is 36.4 Å². The highest BCUT2D eigenvalue weighted by Gasteiger charge is 2.50. The lowest BCUT2D eigenvalue weighted by atomic mass is 9.97. The first-order valence-corrected chi connectivity index (χ1v) is 12.0. The Balaban J connectivity index is 1.53. The lowest BCUT2D eigenvalue weighted by molar-refractivity contribution is -0.348. The molecule has 4 rings (SSSR count). The van der Waals surface area contributed by atoms with Gasteiger partial charge in [-0.05, 0) is 31.2 Å². The molecule has 2 aliphatic rings. The molecule has 9 N–H and O–H groups in total. The highest BCUT2D eigenvalue weighted by Crippen LogP contribution is 2.37. The third kappa shape index (κ3) is 5.79. The van der Waals surface area contributed by atoms with Gasteiger partial charge in [0.1, 0.15) is 71.3 Å². The molecule has 2 saturated heterocycles. The number of ketones is 1. The van der Waals surface area contributed by atoms with Crippen molar-refractivity contribution in [3.8, 4) is 23.0 Å². The number of hydrogen-bond donors (Lipinski definition) is 9. The molecule has 0 saturated carbocycles. The lowest BCUT2D eigenvalue weighted by Gasteiger charge is -2.45. The molecule has 2 fully saturated rings. The van der Waals surface area contributed by atoms with Crippen LogP contribution in [-0.4, -0.2) is 120 Å². The van der Waals surface area contributed by atoms with Crippen LogP contribution in [0, 0.1) is 0 Å². The van der Waals surface area contributed by atoms with Crippen LogP contribution in [0.2, 0.25) is 0 Å². The highest BCUT2D eigenvalue weighted by atomic mass is 16.7. The van der Waals surface area contributed by atoms with Gasteiger partial charge in [0.25, 0.3) is 0 Å². The van der Waals surface area contributed by atoms with E-state index in [0.717, 1.165) is 12.1 Å². The van der Waals surface area contributed by atoms with E-state index in [1.165, 1.54) is 31.2 Å². The van der Waals surface area contributed by atoms with Crippen molar-refractivity contribution in [2.45, 2.75) is 68.3 Å². The van der Waals surface area contributed by atoms with E-state index in [1.807, 2.05) is 0 Å². The molecule has 0 aliphatic carbocycles. The molecule has 0 radical (unpaired) electrons. The lowest BCUT2D eigenvalue weighted by Crippen LogP contribution is -2.64. The third-order valence-corrected chi connectivity index (χ3v) is 6.58. The van der Waals surface area contributed by atoms with E-state index < -0.39 is 90.9 Å². The molecule has 2 aliphatic heterocycles. The summed E-state index contributed by atoms with van der Waals surface area (Å²) in [6.45, 7) is 0.715. The quantitative estimate of drug-likeness (QED) is 0.169. The van der Waals surface area contributed by atoms with Gasteiger partial charge in [0, 0.05) is 17.7 Å². The summed E-state index contributed by atoms with van der Waals surface area (Å²) in [6.07, 6.45) is -15.7. The number of hydrogen-bond acceptors (Lipinski definition) is 14. The number of benzene rings is 2. The van der Waals surface area contributed by atoms with E-state index in [2.05, 4.69) is 0 Å². The third-order valence-electron chi connectivity index (χ3n) is 6.58. The van der Waals surface area contributed by atoms with E-state index in [0.29, 0.717) is 0 Å². The van der Waals surface area contributed by atoms with Crippen molar-refractivity contribution in [1.29, 1.82) is 0 Å². The van der Waals surface area contributed by atoms with Gasteiger partial charge in [-0.2, -0.15) is 0 Å². The highest BCUT2D eigenvalue weighted by molar-refractivity contribution is 6.12. The van der Waals surface area contributed by atoms with E-state index in [-0.39, 0.29) is 17.1 Å². The summed E-state index contributed by atoms with van der Waals surface area (Å²) in [4.78, 5) is 13.1. The van der Waals surface area contributed by atoms with Gasteiger partial charge in [-0.25, -0.2) is 0 Å². The summed E-state index contributed by atoms with van der Waals surface area (Å²) in [5.41, 5.74) is -0.332. The molecule has 0 amide bonds. The van der Waals surface area contributed by atoms with Crippen molar-refractivity contribution < 1.29 is 69.7 Å². The molecule has 0 aromatic heterocycles. The predicted octanol–water partition coefficient (Wildman–Crippen LogP) is -1.94. The zero-order valence-corrected chi connectivity index (χ0v) is 20.5. The van der Waals surface area contributed by atoms with Crippen LogP contribution in [0.1, 0.15) is 22.8 Å². The number of ether oxygens (including phenoxy) is 4. The summed E-state index contributed by atoms with van der Waals surface area (Å²) in [6, 6.07) is 7.01. The molecule has 0 unspecified atom stereocenters. The van der Waals surface area contributed by atoms with E-state index >= 15 is 0 Å². The first-order valence-electron chi connectivity index (χ1n) is 12.0. The minimum absolute atomic E-state index is 0.0603. The second-order valence-electron chi connectivity index (χ2n) is 9.32. The molecule has 14 nitrogen and oxygen atoms in total. The molecule has 214 valence electrons. The van der Waals surface area contributed by atoms with Gasteiger partial charge in [0.05, 0.1) is 12.7 Å². The van der Waals surface area contributed by atoms with Crippen LogP contribution in [0.4, 0.5) is 0 Å². The second-order valence-corrected chi connectivity index (χ2v) is 9.32. The van der Waals surface area contributed by atoms with Gasteiger partial charge in [-0.1, -0.05) is 0 Å². The molecule has 14 heteroatoms. The summed E-state index contributed by atoms with van der Waals surface area (Å²) >= 11 is 0. The van der Waals surface area contributed by atoms with Crippen LogP contribution in [0.3, 0.4) is 0 Å². The standard InChI is InChI=1S/C25H30O14/c1-9-23(39-25-21(34)19(32)18(31)15(8-26)38-25)20(33)22(35)24(36-9)37-14-7-12(28)6-13(29)16(14)17(30)10-2-4-11(27)5-3-10/h2-7,9,15,18-29,31-35H,8H2,1H3/t9-,15+,18+,19-,20-,21-,22+,23-,24-,25+/m0/s1. The molecule has 0 bridgehead atoms. The number of aromatic hydroxyl groups is 3. The number of aliphatic hydroxyl groups is 6. The summed E-state index contributed by atoms with van der Waals surface area (Å²) in [7, 11) is 0. The van der Waals surface area contributed by atoms with Gasteiger partial charge < -0.3 is 64.9 Å². The van der Waals surface area contributed by atoms with E-state index in [4.69, 9.17) is 18.9 Å². The predicted molar refractivity (Wildman–Crippen MR) is 127 cm³/mol. The van der Waals surface area contributed by atoms with Crippen molar-refractivity contribution in [1.82, 2.24) is 0 Å². The Morgan fingerprint density at radius 3 is 2.10 bits per heavy atom. The summed E-state index contributed by atoms with van der Waals surface area (Å²) in [5.74, 6) is -2.36. The van der Waals surface area contributed by atoms with Gasteiger partial charge in [0.2, 0.25) is 12.1 Å². The summed E-state index contributed by atoms with van der Waals surface area (Å²) in [5, 5.41) is 90.9. The largest absolute Gasteiger partial charge is 0.508 e. The number of rotatable bonds is 7. The molecular weight excluding hydrogens is 524 g/mol. The average Bonchev–Trinajstić information content (AvgIpc) is 2.89. The fraction of sp³-hybridized carbons (Fsp3) is 0.480. The summed E-state index contributed by atoms with van der Waals surface area (Å²) < 4.78 is 22.1. The molecule has 2 aromatic carbocycles. The Morgan fingerprint density at radius 1 is 0.821 bits per heavy atom. The van der Waals surface area contributed by atoms with Gasteiger partial charge in [-0.3, -0.25) is 4.79 Å². The molecule has 10 atom stereocenters. The minimum Gasteiger partial charge on any atom is -0.508 e. The van der Waals surface area contributed by atoms with Crippen molar-refractivity contribution in [2.24, 2.45) is 0 Å². The Morgan fingerprint density at radius 2 is 1.46 bits per heavy atom. The second kappa shape index (κ2) is 11.6. The van der Waals surface area contributed by atoms with Crippen LogP contribution in [0.5, 0.6) is 23.0 Å². The number of carbonyl (C=O) groups is 1. The Labute approximate surface area is 221 Å². The van der Waals surface area contributed by atoms with E-state index in [9.17, 15) is 50.8 Å². The Kier molecular flexibility index (Phi) is 8.60. The Hall–Kier alpha value is -3.05. The normalized spacial score (nSPS) is 34.9. The molecule has 0 spiro atoms. The van der Waals surface area contributed by atoms with Crippen LogP contribution in [0.25, 0.3) is 0 Å². The molecule has 39 heavy (non-hydrogen) atoms. The number of phenolic OH excluding ortho intramolecular Hbond substituents is 3. The van der Waals surface area contributed by atoms with Crippen LogP contribution < -0.4 is 4.74 Å². The maximum Gasteiger partial charge on any atom is 0.229 e. The maximum absolute atomic E-state index is 13.1. The van der Waals surface area contributed by atoms with Gasteiger partial charge >= 0.3 is 0 Å². The average molecular weight is 555 g/mol. The van der Waals surface area contributed by atoms with Crippen molar-refractivity contribution in [3.63, 3.8) is 0 Å². The van der Waals surface area contributed by atoms with Crippen LogP contribution in [-0.2, 0) is 14.2 Å². The topological polar surface area (TPSA) is 236 Å².